The fourth-order valence-electron chi connectivity index (χ4n) is 3.68. The van der Waals surface area contributed by atoms with Crippen molar-refractivity contribution in [2.24, 2.45) is 0 Å². The third kappa shape index (κ3) is 7.20. The van der Waals surface area contributed by atoms with Gasteiger partial charge in [0.05, 0.1) is 29.1 Å². The highest BCUT2D eigenvalue weighted by atomic mass is 35.5. The van der Waals surface area contributed by atoms with E-state index in [-0.39, 0.29) is 22.9 Å². The Balaban J connectivity index is 1.67. The Bertz CT molecular complexity index is 1430. The van der Waals surface area contributed by atoms with Crippen LogP contribution in [-0.4, -0.2) is 39.8 Å². The van der Waals surface area contributed by atoms with Crippen molar-refractivity contribution in [3.8, 4) is 22.7 Å². The Morgan fingerprint density at radius 2 is 1.63 bits per heavy atom. The Labute approximate surface area is 230 Å². The molecule has 0 unspecified atom stereocenters. The van der Waals surface area contributed by atoms with Crippen LogP contribution in [0.2, 0.25) is 15.1 Å². The van der Waals surface area contributed by atoms with E-state index < -0.39 is 24.9 Å². The second-order valence-electron chi connectivity index (χ2n) is 8.23. The van der Waals surface area contributed by atoms with E-state index in [4.69, 9.17) is 34.8 Å². The van der Waals surface area contributed by atoms with Gasteiger partial charge in [0.25, 0.3) is 5.91 Å². The topological polar surface area (TPSA) is 76.4 Å². The fraction of sp³-hybridized carbons (Fsp3) is 0.154. The molecule has 12 heteroatoms. The van der Waals surface area contributed by atoms with Crippen LogP contribution >= 0.6 is 34.8 Å². The average molecular weight is 585 g/mol. The number of hydrogen-bond acceptors (Lipinski definition) is 4. The number of carbonyl (C=O) groups excluding carboxylic acids is 1. The summed E-state index contributed by atoms with van der Waals surface area (Å²) >= 11 is 18.4. The number of benzene rings is 3. The molecule has 0 radical (unpaired) electrons. The lowest BCUT2D eigenvalue weighted by Crippen LogP contribution is -2.41. The van der Waals surface area contributed by atoms with Crippen molar-refractivity contribution in [2.45, 2.75) is 18.8 Å². The molecule has 0 bridgehead atoms. The van der Waals surface area contributed by atoms with Crippen LogP contribution in [0.3, 0.4) is 0 Å². The number of hydrogen-bond donors (Lipinski definition) is 2. The van der Waals surface area contributed by atoms with Crippen LogP contribution in [0.1, 0.15) is 16.1 Å². The molecule has 3 aromatic carbocycles. The summed E-state index contributed by atoms with van der Waals surface area (Å²) in [6, 6.07) is 17.9. The highest BCUT2D eigenvalue weighted by molar-refractivity contribution is 6.35. The van der Waals surface area contributed by atoms with Crippen LogP contribution in [0.4, 0.5) is 13.2 Å². The number of rotatable bonds is 8. The summed E-state index contributed by atoms with van der Waals surface area (Å²) < 4.78 is 43.8. The van der Waals surface area contributed by atoms with Gasteiger partial charge in [0.1, 0.15) is 5.75 Å². The number of phenols is 1. The van der Waals surface area contributed by atoms with Crippen molar-refractivity contribution in [3.05, 3.63) is 99.1 Å². The molecular weight excluding hydrogens is 566 g/mol. The molecule has 1 heterocycles. The number of alkyl halides is 3. The molecule has 1 atom stereocenters. The van der Waals surface area contributed by atoms with Gasteiger partial charge in [-0.05, 0) is 60.5 Å². The van der Waals surface area contributed by atoms with Gasteiger partial charge in [0.15, 0.2) is 5.69 Å². The first-order chi connectivity index (χ1) is 18.0. The number of phenolic OH excluding ortho intramolecular Hbond substituents is 1. The molecule has 0 aliphatic carbocycles. The van der Waals surface area contributed by atoms with Gasteiger partial charge in [0.2, 0.25) is 0 Å². The van der Waals surface area contributed by atoms with Crippen LogP contribution in [-0.2, 0) is 11.2 Å². The molecule has 0 spiro atoms. The highest BCUT2D eigenvalue weighted by Crippen LogP contribution is 2.30. The van der Waals surface area contributed by atoms with Gasteiger partial charge >= 0.3 is 6.36 Å². The minimum atomic E-state index is -4.88. The molecule has 2 N–H and O–H groups in total. The van der Waals surface area contributed by atoms with Gasteiger partial charge in [0, 0.05) is 15.6 Å². The monoisotopic (exact) mass is 583 g/mol. The average Bonchev–Trinajstić information content (AvgIpc) is 3.29. The number of amides is 1. The van der Waals surface area contributed by atoms with Crippen LogP contribution in [0.15, 0.2) is 72.8 Å². The number of halogens is 6. The van der Waals surface area contributed by atoms with Crippen molar-refractivity contribution >= 4 is 40.7 Å². The van der Waals surface area contributed by atoms with Crippen LogP contribution < -0.4 is 5.32 Å². The SMILES string of the molecule is O=C(N[C@H](COC(F)(F)F)Cc1ccc(O)cc1)c1cc(-c2ccc(Cl)cc2)n(-c2ccc(Cl)cc2Cl)n1. The first-order valence-electron chi connectivity index (χ1n) is 11.1. The minimum absolute atomic E-state index is 0.00186. The zero-order valence-electron chi connectivity index (χ0n) is 19.3. The van der Waals surface area contributed by atoms with Crippen molar-refractivity contribution in [1.29, 1.82) is 0 Å². The maximum atomic E-state index is 13.2. The lowest BCUT2D eigenvalue weighted by molar-refractivity contribution is -0.326. The molecule has 0 saturated heterocycles. The van der Waals surface area contributed by atoms with E-state index in [1.165, 1.54) is 41.1 Å². The Hall–Kier alpha value is -3.24. The first kappa shape index (κ1) is 27.8. The molecule has 0 saturated carbocycles. The molecule has 1 amide bonds. The Morgan fingerprint density at radius 3 is 2.26 bits per heavy atom. The van der Waals surface area contributed by atoms with E-state index in [0.29, 0.717) is 32.6 Å². The molecule has 4 rings (SSSR count). The fourth-order valence-corrected chi connectivity index (χ4v) is 4.29. The standard InChI is InChI=1S/C26H19Cl3F3N3O3/c27-17-5-3-16(4-6-17)24-13-22(34-35(24)23-10-7-18(28)12-21(23)29)25(37)33-19(14-38-26(30,31)32)11-15-1-8-20(36)9-2-15/h1-10,12-13,19,36H,11,14H2,(H,33,37)/t19-/m0/s1. The molecule has 4 aromatic rings. The third-order valence-electron chi connectivity index (χ3n) is 5.42. The summed E-state index contributed by atoms with van der Waals surface area (Å²) in [6.07, 6.45) is -4.87. The minimum Gasteiger partial charge on any atom is -0.508 e. The van der Waals surface area contributed by atoms with E-state index in [9.17, 15) is 23.1 Å². The summed E-state index contributed by atoms with van der Waals surface area (Å²) in [5.41, 5.74) is 2.09. The number of ether oxygens (including phenoxy) is 1. The number of carbonyl (C=O) groups is 1. The summed E-state index contributed by atoms with van der Waals surface area (Å²) in [7, 11) is 0. The predicted molar refractivity (Wildman–Crippen MR) is 139 cm³/mol. The van der Waals surface area contributed by atoms with Crippen molar-refractivity contribution in [1.82, 2.24) is 15.1 Å². The largest absolute Gasteiger partial charge is 0.522 e. The molecule has 38 heavy (non-hydrogen) atoms. The van der Waals surface area contributed by atoms with Crippen LogP contribution in [0.25, 0.3) is 16.9 Å². The zero-order valence-corrected chi connectivity index (χ0v) is 21.6. The van der Waals surface area contributed by atoms with Gasteiger partial charge in [-0.15, -0.1) is 13.2 Å². The Kier molecular flexibility index (Phi) is 8.52. The second-order valence-corrected chi connectivity index (χ2v) is 9.51. The van der Waals surface area contributed by atoms with E-state index in [2.05, 4.69) is 15.2 Å². The lowest BCUT2D eigenvalue weighted by atomic mass is 10.1. The second kappa shape index (κ2) is 11.7. The van der Waals surface area contributed by atoms with Gasteiger partial charge in [-0.25, -0.2) is 4.68 Å². The molecule has 6 nitrogen and oxygen atoms in total. The summed E-state index contributed by atoms with van der Waals surface area (Å²) in [5, 5.41) is 17.6. The summed E-state index contributed by atoms with van der Waals surface area (Å²) in [6.45, 7) is -0.829. The molecule has 0 aliphatic heterocycles. The van der Waals surface area contributed by atoms with Crippen molar-refractivity contribution in [3.63, 3.8) is 0 Å². The third-order valence-corrected chi connectivity index (χ3v) is 6.21. The van der Waals surface area contributed by atoms with Gasteiger partial charge in [-0.1, -0.05) is 59.1 Å². The first-order valence-corrected chi connectivity index (χ1v) is 12.2. The molecule has 1 aromatic heterocycles. The quantitative estimate of drug-likeness (QED) is 0.232. The van der Waals surface area contributed by atoms with E-state index in [1.807, 2.05) is 0 Å². The maximum Gasteiger partial charge on any atom is 0.522 e. The normalized spacial score (nSPS) is 12.4. The lowest BCUT2D eigenvalue weighted by Gasteiger charge is -2.19. The summed E-state index contributed by atoms with van der Waals surface area (Å²) in [4.78, 5) is 13.2. The summed E-state index contributed by atoms with van der Waals surface area (Å²) in [5.74, 6) is -0.722. The van der Waals surface area contributed by atoms with Crippen LogP contribution in [0, 0.1) is 0 Å². The molecular formula is C26H19Cl3F3N3O3. The number of nitrogens with one attached hydrogen (secondary N) is 1. The van der Waals surface area contributed by atoms with E-state index >= 15 is 0 Å². The molecule has 198 valence electrons. The number of aromatic nitrogens is 2. The van der Waals surface area contributed by atoms with Gasteiger partial charge < -0.3 is 10.4 Å². The van der Waals surface area contributed by atoms with Crippen molar-refractivity contribution < 1.29 is 27.8 Å². The van der Waals surface area contributed by atoms with Gasteiger partial charge in [-0.2, -0.15) is 5.10 Å². The van der Waals surface area contributed by atoms with E-state index in [1.54, 1.807) is 36.4 Å². The zero-order chi connectivity index (χ0) is 27.4. The number of nitrogens with zero attached hydrogens (tertiary/aromatic N) is 2. The molecule has 0 aliphatic rings. The highest BCUT2D eigenvalue weighted by Gasteiger charge is 2.31. The number of aromatic hydroxyl groups is 1. The molecule has 0 fully saturated rings. The van der Waals surface area contributed by atoms with Crippen molar-refractivity contribution in [2.75, 3.05) is 6.61 Å². The predicted octanol–water partition coefficient (Wildman–Crippen LogP) is 7.08. The smallest absolute Gasteiger partial charge is 0.508 e. The Morgan fingerprint density at radius 1 is 0.974 bits per heavy atom. The van der Waals surface area contributed by atoms with Crippen LogP contribution in [0.5, 0.6) is 5.75 Å². The van der Waals surface area contributed by atoms with E-state index in [0.717, 1.165) is 0 Å². The maximum absolute atomic E-state index is 13.2. The van der Waals surface area contributed by atoms with Gasteiger partial charge in [-0.3, -0.25) is 9.53 Å².